The third-order valence-corrected chi connectivity index (χ3v) is 4.56. The minimum absolute atomic E-state index is 0.124. The van der Waals surface area contributed by atoms with Crippen molar-refractivity contribution in [3.63, 3.8) is 0 Å². The minimum atomic E-state index is 0.124. The molecular formula is C13H10BrClOS. The number of carbonyl (C=O) groups excluding carboxylic acids is 1. The molecule has 0 aliphatic rings. The molecule has 0 aliphatic heterocycles. The lowest BCUT2D eigenvalue weighted by molar-refractivity contribution is 0.0993. The van der Waals surface area contributed by atoms with Gasteiger partial charge >= 0.3 is 0 Å². The largest absolute Gasteiger partial charge is 0.294 e. The molecule has 0 unspecified atom stereocenters. The fourth-order valence-electron chi connectivity index (χ4n) is 1.53. The van der Waals surface area contributed by atoms with E-state index >= 15 is 0 Å². The van der Waals surface area contributed by atoms with E-state index in [-0.39, 0.29) is 5.78 Å². The number of hydrogen-bond donors (Lipinski definition) is 0. The summed E-state index contributed by atoms with van der Waals surface area (Å²) in [5.74, 6) is 0.124. The van der Waals surface area contributed by atoms with Crippen molar-refractivity contribution < 1.29 is 4.79 Å². The van der Waals surface area contributed by atoms with Gasteiger partial charge in [0.2, 0.25) is 0 Å². The van der Waals surface area contributed by atoms with E-state index in [4.69, 9.17) is 11.6 Å². The molecule has 0 spiro atoms. The van der Waals surface area contributed by atoms with Crippen LogP contribution in [0.2, 0.25) is 4.34 Å². The van der Waals surface area contributed by atoms with Crippen LogP contribution in [0.15, 0.2) is 34.8 Å². The number of ketones is 1. The second-order valence-electron chi connectivity index (χ2n) is 3.77. The van der Waals surface area contributed by atoms with Crippen LogP contribution in [0.1, 0.15) is 20.8 Å². The van der Waals surface area contributed by atoms with E-state index in [1.807, 2.05) is 37.3 Å². The monoisotopic (exact) mass is 328 g/mol. The summed E-state index contributed by atoms with van der Waals surface area (Å²) in [5.41, 5.74) is 1.82. The van der Waals surface area contributed by atoms with Gasteiger partial charge in [-0.2, -0.15) is 0 Å². The molecule has 4 heteroatoms. The van der Waals surface area contributed by atoms with Crippen molar-refractivity contribution >= 4 is 44.7 Å². The van der Waals surface area contributed by atoms with Gasteiger partial charge in [-0.15, -0.1) is 11.3 Å². The number of aryl methyl sites for hydroxylation is 1. The highest BCUT2D eigenvalue weighted by Crippen LogP contribution is 2.23. The Morgan fingerprint density at radius 1 is 1.35 bits per heavy atom. The number of rotatable bonds is 3. The molecule has 2 aromatic rings. The zero-order valence-corrected chi connectivity index (χ0v) is 12.3. The van der Waals surface area contributed by atoms with Gasteiger partial charge in [-0.05, 0) is 36.8 Å². The quantitative estimate of drug-likeness (QED) is 0.732. The van der Waals surface area contributed by atoms with E-state index in [1.54, 1.807) is 0 Å². The first kappa shape index (κ1) is 12.8. The number of thiophene rings is 1. The smallest absolute Gasteiger partial charge is 0.168 e. The average molecular weight is 330 g/mol. The molecule has 0 aliphatic carbocycles. The lowest BCUT2D eigenvalue weighted by atomic mass is 10.1. The zero-order valence-electron chi connectivity index (χ0n) is 9.17. The molecule has 0 saturated heterocycles. The Morgan fingerprint density at radius 3 is 2.71 bits per heavy atom. The van der Waals surface area contributed by atoms with Crippen LogP contribution < -0.4 is 0 Å². The molecule has 1 aromatic carbocycles. The molecule has 88 valence electrons. The van der Waals surface area contributed by atoms with E-state index in [0.29, 0.717) is 6.42 Å². The molecule has 0 fully saturated rings. The van der Waals surface area contributed by atoms with Crippen LogP contribution in [-0.2, 0) is 6.42 Å². The molecule has 1 heterocycles. The first-order valence-electron chi connectivity index (χ1n) is 5.10. The first-order chi connectivity index (χ1) is 8.06. The molecule has 0 amide bonds. The lowest BCUT2D eigenvalue weighted by Gasteiger charge is -2.02. The summed E-state index contributed by atoms with van der Waals surface area (Å²) < 4.78 is 1.74. The zero-order chi connectivity index (χ0) is 12.4. The van der Waals surface area contributed by atoms with E-state index in [2.05, 4.69) is 15.9 Å². The fraction of sp³-hybridized carbons (Fsp3) is 0.154. The van der Waals surface area contributed by atoms with E-state index in [1.165, 1.54) is 11.3 Å². The second-order valence-corrected chi connectivity index (χ2v) is 6.42. The van der Waals surface area contributed by atoms with Gasteiger partial charge in [0.25, 0.3) is 0 Å². The molecule has 0 atom stereocenters. The molecule has 0 N–H and O–H groups in total. The summed E-state index contributed by atoms with van der Waals surface area (Å²) in [6.07, 6.45) is 0.415. The Labute approximate surface area is 118 Å². The maximum atomic E-state index is 12.0. The molecule has 1 aromatic heterocycles. The van der Waals surface area contributed by atoms with Crippen LogP contribution in [0.4, 0.5) is 0 Å². The summed E-state index contributed by atoms with van der Waals surface area (Å²) in [7, 11) is 0. The summed E-state index contributed by atoms with van der Waals surface area (Å²) in [6, 6.07) is 9.37. The maximum Gasteiger partial charge on any atom is 0.168 e. The number of benzene rings is 1. The topological polar surface area (TPSA) is 17.1 Å². The van der Waals surface area contributed by atoms with Crippen molar-refractivity contribution in [2.75, 3.05) is 0 Å². The highest BCUT2D eigenvalue weighted by atomic mass is 79.9. The van der Waals surface area contributed by atoms with Crippen LogP contribution >= 0.6 is 38.9 Å². The van der Waals surface area contributed by atoms with E-state index in [9.17, 15) is 4.79 Å². The number of hydrogen-bond acceptors (Lipinski definition) is 2. The summed E-state index contributed by atoms with van der Waals surface area (Å²) >= 11 is 10.7. The molecule has 17 heavy (non-hydrogen) atoms. The van der Waals surface area contributed by atoms with Gasteiger partial charge < -0.3 is 0 Å². The molecule has 0 radical (unpaired) electrons. The van der Waals surface area contributed by atoms with Gasteiger partial charge in [0.05, 0.1) is 4.34 Å². The predicted octanol–water partition coefficient (Wildman–Crippen LogP) is 4.90. The van der Waals surface area contributed by atoms with Gasteiger partial charge in [-0.1, -0.05) is 33.6 Å². The normalized spacial score (nSPS) is 10.5. The number of carbonyl (C=O) groups is 1. The van der Waals surface area contributed by atoms with Crippen LogP contribution in [0.5, 0.6) is 0 Å². The molecule has 2 rings (SSSR count). The fourth-order valence-corrected chi connectivity index (χ4v) is 2.86. The van der Waals surface area contributed by atoms with Gasteiger partial charge in [0.1, 0.15) is 0 Å². The van der Waals surface area contributed by atoms with Crippen LogP contribution in [-0.4, -0.2) is 5.78 Å². The van der Waals surface area contributed by atoms with E-state index in [0.717, 1.165) is 24.8 Å². The van der Waals surface area contributed by atoms with Gasteiger partial charge in [-0.25, -0.2) is 0 Å². The van der Waals surface area contributed by atoms with Gasteiger partial charge in [0.15, 0.2) is 5.78 Å². The van der Waals surface area contributed by atoms with Crippen molar-refractivity contribution in [2.45, 2.75) is 13.3 Å². The van der Waals surface area contributed by atoms with E-state index < -0.39 is 0 Å². The summed E-state index contributed by atoms with van der Waals surface area (Å²) in [4.78, 5) is 13.0. The van der Waals surface area contributed by atoms with Crippen molar-refractivity contribution in [3.8, 4) is 0 Å². The Morgan fingerprint density at radius 2 is 2.12 bits per heavy atom. The highest BCUT2D eigenvalue weighted by Gasteiger charge is 2.09. The van der Waals surface area contributed by atoms with Crippen molar-refractivity contribution in [1.82, 2.24) is 0 Å². The number of halogens is 2. The predicted molar refractivity (Wildman–Crippen MR) is 76.2 cm³/mol. The Balaban J connectivity index is 2.17. The Hall–Kier alpha value is -0.640. The highest BCUT2D eigenvalue weighted by molar-refractivity contribution is 9.10. The standard InChI is InChI=1S/C13H10BrClOS/c1-8-6-9(2-4-11(8)14)12(16)7-10-3-5-13(15)17-10/h2-6H,7H2,1H3. The summed E-state index contributed by atoms with van der Waals surface area (Å²) in [5, 5.41) is 0. The SMILES string of the molecule is Cc1cc(C(=O)Cc2ccc(Cl)s2)ccc1Br. The Kier molecular flexibility index (Phi) is 4.02. The maximum absolute atomic E-state index is 12.0. The minimum Gasteiger partial charge on any atom is -0.294 e. The summed E-state index contributed by atoms with van der Waals surface area (Å²) in [6.45, 7) is 1.98. The Bertz CT molecular complexity index is 562. The van der Waals surface area contributed by atoms with Crippen LogP contribution in [0.3, 0.4) is 0 Å². The molecule has 1 nitrogen and oxygen atoms in total. The first-order valence-corrected chi connectivity index (χ1v) is 7.08. The van der Waals surface area contributed by atoms with Gasteiger partial charge in [0, 0.05) is 21.3 Å². The van der Waals surface area contributed by atoms with Gasteiger partial charge in [-0.3, -0.25) is 4.79 Å². The molecule has 0 saturated carbocycles. The molecule has 0 bridgehead atoms. The van der Waals surface area contributed by atoms with Crippen molar-refractivity contribution in [3.05, 3.63) is 55.1 Å². The third kappa shape index (κ3) is 3.18. The lowest BCUT2D eigenvalue weighted by Crippen LogP contribution is -2.02. The van der Waals surface area contributed by atoms with Crippen molar-refractivity contribution in [1.29, 1.82) is 0 Å². The molecular weight excluding hydrogens is 320 g/mol. The van der Waals surface area contributed by atoms with Crippen LogP contribution in [0, 0.1) is 6.92 Å². The van der Waals surface area contributed by atoms with Crippen molar-refractivity contribution in [2.24, 2.45) is 0 Å². The average Bonchev–Trinajstić information content (AvgIpc) is 2.68. The number of Topliss-reactive ketones (excluding diaryl/α,β-unsaturated/α-hetero) is 1. The van der Waals surface area contributed by atoms with Crippen LogP contribution in [0.25, 0.3) is 0 Å². The second kappa shape index (κ2) is 5.34. The third-order valence-electron chi connectivity index (χ3n) is 2.44.